The first kappa shape index (κ1) is 17.1. The zero-order chi connectivity index (χ0) is 15.6. The largest absolute Gasteiger partial charge is 0.848 e. The molecule has 1 saturated carbocycles. The summed E-state index contributed by atoms with van der Waals surface area (Å²) in [5, 5.41) is 13.0. The second kappa shape index (κ2) is 6.89. The highest BCUT2D eigenvalue weighted by molar-refractivity contribution is 7.86. The standard InChI is InChI=1S/C13H24NO6S/c1-19-10-6-8(12-9(15)4-3-5-14-12)7-11(13(10)20-2)21(16,17)18/h8-14H,3-7H2,1-2H3,(H,16,17,18)/q-1. The van der Waals surface area contributed by atoms with Crippen molar-refractivity contribution in [2.45, 2.75) is 55.3 Å². The van der Waals surface area contributed by atoms with Crippen molar-refractivity contribution >= 4 is 10.1 Å². The Kier molecular flexibility index (Phi) is 5.61. The summed E-state index contributed by atoms with van der Waals surface area (Å²) in [5.41, 5.74) is 0. The second-order valence-electron chi connectivity index (χ2n) is 6.02. The molecule has 6 unspecified atom stereocenters. The zero-order valence-corrected chi connectivity index (χ0v) is 13.3. The molecule has 2 fully saturated rings. The van der Waals surface area contributed by atoms with Gasteiger partial charge in [-0.05, 0) is 19.3 Å². The van der Waals surface area contributed by atoms with Crippen molar-refractivity contribution in [2.75, 3.05) is 20.8 Å². The van der Waals surface area contributed by atoms with Gasteiger partial charge in [-0.15, -0.1) is 0 Å². The minimum absolute atomic E-state index is 0.127. The van der Waals surface area contributed by atoms with E-state index in [1.165, 1.54) is 14.2 Å². The summed E-state index contributed by atoms with van der Waals surface area (Å²) in [7, 11) is -1.62. The minimum Gasteiger partial charge on any atom is -0.848 e. The molecule has 1 heterocycles. The minimum atomic E-state index is -4.49. The molecular formula is C13H24NO6S-. The van der Waals surface area contributed by atoms with Crippen molar-refractivity contribution < 1.29 is 32.9 Å². The molecule has 0 spiro atoms. The summed E-state index contributed by atoms with van der Waals surface area (Å²) in [6.45, 7) is 0.875. The first-order chi connectivity index (χ1) is 9.88. The molecule has 6 atom stereocenters. The fourth-order valence-electron chi connectivity index (χ4n) is 3.80. The molecule has 2 N–H and O–H groups in total. The molecule has 7 nitrogen and oxygen atoms in total. The lowest BCUT2D eigenvalue weighted by atomic mass is 9.77. The van der Waals surface area contributed by atoms with Gasteiger partial charge in [-0.1, -0.05) is 12.5 Å². The molecule has 0 bridgehead atoms. The van der Waals surface area contributed by atoms with Gasteiger partial charge < -0.3 is 24.4 Å². The van der Waals surface area contributed by atoms with Crippen LogP contribution in [0.4, 0.5) is 0 Å². The quantitative estimate of drug-likeness (QED) is 0.587. The van der Waals surface area contributed by atoms with Gasteiger partial charge in [0.05, 0.1) is 30.0 Å². The van der Waals surface area contributed by atoms with Crippen LogP contribution in [0.2, 0.25) is 0 Å². The number of ether oxygens (including phenoxy) is 2. The average Bonchev–Trinajstić information content (AvgIpc) is 2.45. The van der Waals surface area contributed by atoms with Gasteiger partial charge in [-0.25, -0.2) is 8.42 Å². The van der Waals surface area contributed by atoms with Crippen molar-refractivity contribution in [3.05, 3.63) is 0 Å². The van der Waals surface area contributed by atoms with Gasteiger partial charge >= 0.3 is 0 Å². The van der Waals surface area contributed by atoms with Crippen molar-refractivity contribution in [1.82, 2.24) is 0 Å². The van der Waals surface area contributed by atoms with Gasteiger partial charge in [0.15, 0.2) is 0 Å². The zero-order valence-electron chi connectivity index (χ0n) is 12.4. The van der Waals surface area contributed by atoms with Crippen LogP contribution >= 0.6 is 0 Å². The summed E-state index contributed by atoms with van der Waals surface area (Å²) < 4.78 is 45.2. The summed E-state index contributed by atoms with van der Waals surface area (Å²) in [4.78, 5) is 0. The van der Waals surface area contributed by atoms with Gasteiger partial charge in [-0.2, -0.15) is 0 Å². The third-order valence-corrected chi connectivity index (χ3v) is 6.06. The third-order valence-electron chi connectivity index (χ3n) is 4.85. The third kappa shape index (κ3) is 3.75. The van der Waals surface area contributed by atoms with Crippen LogP contribution in [-0.4, -0.2) is 63.3 Å². The van der Waals surface area contributed by atoms with Crippen LogP contribution < -0.4 is 10.4 Å². The van der Waals surface area contributed by atoms with Crippen molar-refractivity contribution in [1.29, 1.82) is 0 Å². The number of hydrogen-bond acceptors (Lipinski definition) is 6. The van der Waals surface area contributed by atoms with E-state index in [4.69, 9.17) is 9.47 Å². The van der Waals surface area contributed by atoms with Gasteiger partial charge in [0.2, 0.25) is 0 Å². The number of quaternary nitrogens is 1. The van der Waals surface area contributed by atoms with Crippen LogP contribution in [0.3, 0.4) is 0 Å². The van der Waals surface area contributed by atoms with E-state index in [0.29, 0.717) is 12.8 Å². The van der Waals surface area contributed by atoms with E-state index in [0.717, 1.165) is 13.0 Å². The van der Waals surface area contributed by atoms with E-state index in [2.05, 4.69) is 0 Å². The molecule has 8 heteroatoms. The summed E-state index contributed by atoms with van der Waals surface area (Å²) in [6, 6.07) is -0.182. The highest BCUT2D eigenvalue weighted by atomic mass is 32.2. The molecule has 0 amide bonds. The van der Waals surface area contributed by atoms with E-state index in [1.807, 2.05) is 5.32 Å². The fraction of sp³-hybridized carbons (Fsp3) is 1.00. The maximum atomic E-state index is 12.1. The maximum Gasteiger partial charge on any atom is 0.100 e. The van der Waals surface area contributed by atoms with Crippen LogP contribution in [0.25, 0.3) is 0 Å². The van der Waals surface area contributed by atoms with E-state index < -0.39 is 33.7 Å². The molecule has 2 aliphatic rings. The van der Waals surface area contributed by atoms with Gasteiger partial charge in [-0.3, -0.25) is 0 Å². The molecule has 0 radical (unpaired) electrons. The summed E-state index contributed by atoms with van der Waals surface area (Å²) in [5.74, 6) is -0.127. The lowest BCUT2D eigenvalue weighted by Crippen LogP contribution is -2.97. The number of hydrogen-bond donors (Lipinski definition) is 1. The summed E-state index contributed by atoms with van der Waals surface area (Å²) >= 11 is 0. The average molecular weight is 322 g/mol. The Morgan fingerprint density at radius 2 is 1.90 bits per heavy atom. The Hall–Kier alpha value is -0.250. The number of methoxy groups -OCH3 is 2. The van der Waals surface area contributed by atoms with E-state index in [-0.39, 0.29) is 18.4 Å². The van der Waals surface area contributed by atoms with Crippen LogP contribution in [0.15, 0.2) is 0 Å². The van der Waals surface area contributed by atoms with Gasteiger partial charge in [0, 0.05) is 20.1 Å². The maximum absolute atomic E-state index is 12.1. The Labute approximate surface area is 125 Å². The first-order valence-corrected chi connectivity index (χ1v) is 8.85. The highest BCUT2D eigenvalue weighted by Gasteiger charge is 2.45. The molecule has 0 aromatic carbocycles. The van der Waals surface area contributed by atoms with E-state index >= 15 is 0 Å². The molecule has 124 valence electrons. The number of piperidine rings is 1. The first-order valence-electron chi connectivity index (χ1n) is 7.38. The van der Waals surface area contributed by atoms with Crippen molar-refractivity contribution in [3.8, 4) is 0 Å². The molecular weight excluding hydrogens is 298 g/mol. The monoisotopic (exact) mass is 322 g/mol. The van der Waals surface area contributed by atoms with Crippen LogP contribution in [-0.2, 0) is 19.6 Å². The van der Waals surface area contributed by atoms with E-state index in [9.17, 15) is 18.1 Å². The topological polar surface area (TPSA) is 115 Å². The lowest BCUT2D eigenvalue weighted by Gasteiger charge is -2.46. The van der Waals surface area contributed by atoms with Gasteiger partial charge in [0.25, 0.3) is 0 Å². The van der Waals surface area contributed by atoms with Gasteiger partial charge in [0.1, 0.15) is 10.1 Å². The smallest absolute Gasteiger partial charge is 0.100 e. The number of nitrogens with two attached hydrogens (primary N) is 1. The van der Waals surface area contributed by atoms with Crippen molar-refractivity contribution in [2.24, 2.45) is 5.92 Å². The van der Waals surface area contributed by atoms with Crippen LogP contribution in [0.1, 0.15) is 25.7 Å². The fourth-order valence-corrected chi connectivity index (χ4v) is 4.90. The molecule has 1 saturated heterocycles. The predicted octanol–water partition coefficient (Wildman–Crippen LogP) is -2.21. The SMILES string of the molecule is COC1CC(C2[NH2+]CCCC2[O-])CC(S(=O)(=O)[O-])C1OC. The molecule has 2 rings (SSSR count). The molecule has 21 heavy (non-hydrogen) atoms. The molecule has 0 aromatic rings. The van der Waals surface area contributed by atoms with Crippen LogP contribution in [0, 0.1) is 5.92 Å². The lowest BCUT2D eigenvalue weighted by molar-refractivity contribution is -0.735. The Morgan fingerprint density at radius 1 is 1.19 bits per heavy atom. The highest BCUT2D eigenvalue weighted by Crippen LogP contribution is 2.34. The van der Waals surface area contributed by atoms with E-state index in [1.54, 1.807) is 0 Å². The molecule has 1 aliphatic heterocycles. The predicted molar refractivity (Wildman–Crippen MR) is 71.4 cm³/mol. The second-order valence-corrected chi connectivity index (χ2v) is 7.61. The molecule has 1 aliphatic carbocycles. The Bertz CT molecular complexity index is 442. The Morgan fingerprint density at radius 3 is 2.43 bits per heavy atom. The molecule has 0 aromatic heterocycles. The van der Waals surface area contributed by atoms with Crippen molar-refractivity contribution in [3.63, 3.8) is 0 Å². The normalized spacial score (nSPS) is 41.9. The summed E-state index contributed by atoms with van der Waals surface area (Å²) in [6.07, 6.45) is 0.292. The number of rotatable bonds is 4. The Balaban J connectivity index is 2.21. The van der Waals surface area contributed by atoms with Crippen LogP contribution in [0.5, 0.6) is 0 Å².